The van der Waals surface area contributed by atoms with Crippen molar-refractivity contribution in [1.82, 2.24) is 9.78 Å². The van der Waals surface area contributed by atoms with E-state index in [0.29, 0.717) is 16.9 Å². The Balaban J connectivity index is 2.21. The molecule has 0 unspecified atom stereocenters. The summed E-state index contributed by atoms with van der Waals surface area (Å²) in [5, 5.41) is 24.2. The molecule has 102 valence electrons. The Morgan fingerprint density at radius 1 is 1.29 bits per heavy atom. The van der Waals surface area contributed by atoms with E-state index in [9.17, 15) is 4.79 Å². The van der Waals surface area contributed by atoms with Gasteiger partial charge in [-0.2, -0.15) is 10.4 Å². The van der Waals surface area contributed by atoms with Crippen LogP contribution in [-0.2, 0) is 0 Å². The zero-order valence-corrected chi connectivity index (χ0v) is 11.5. The minimum absolute atomic E-state index is 0.0271. The number of nitriles is 1. The number of aromatic carboxylic acids is 1. The van der Waals surface area contributed by atoms with Gasteiger partial charge in [-0.05, 0) is 29.6 Å². The third-order valence-electron chi connectivity index (χ3n) is 2.92. The number of benzene rings is 1. The summed E-state index contributed by atoms with van der Waals surface area (Å²) in [5.74, 6) is -1.08. The number of rotatable bonds is 3. The fraction of sp³-hybridized carbons (Fsp3) is 0. The third kappa shape index (κ3) is 2.42. The van der Waals surface area contributed by atoms with E-state index in [1.807, 2.05) is 17.5 Å². The molecule has 1 N–H and O–H groups in total. The number of carboxylic acids is 1. The monoisotopic (exact) mass is 295 g/mol. The number of carbonyl (C=O) groups is 1. The first-order chi connectivity index (χ1) is 10.2. The van der Waals surface area contributed by atoms with Crippen LogP contribution in [0.3, 0.4) is 0 Å². The van der Waals surface area contributed by atoms with Crippen molar-refractivity contribution < 1.29 is 9.90 Å². The van der Waals surface area contributed by atoms with Crippen LogP contribution in [0.4, 0.5) is 0 Å². The predicted molar refractivity (Wildman–Crippen MR) is 78.6 cm³/mol. The first-order valence-electron chi connectivity index (χ1n) is 6.07. The summed E-state index contributed by atoms with van der Waals surface area (Å²) in [6.45, 7) is 0. The van der Waals surface area contributed by atoms with E-state index >= 15 is 0 Å². The molecule has 0 aliphatic heterocycles. The molecule has 0 spiro atoms. The minimum Gasteiger partial charge on any atom is -0.476 e. The molecule has 1 aromatic carbocycles. The lowest BCUT2D eigenvalue weighted by molar-refractivity contribution is 0.0690. The zero-order chi connectivity index (χ0) is 14.8. The van der Waals surface area contributed by atoms with Gasteiger partial charge in [0.15, 0.2) is 5.69 Å². The van der Waals surface area contributed by atoms with Gasteiger partial charge in [0, 0.05) is 6.07 Å². The Hall–Kier alpha value is -2.91. The van der Waals surface area contributed by atoms with Crippen LogP contribution in [-0.4, -0.2) is 20.9 Å². The SMILES string of the molecule is N#Cc1cccc(-n2nc(C(=O)O)cc2-c2cccs2)c1. The summed E-state index contributed by atoms with van der Waals surface area (Å²) in [6.07, 6.45) is 0. The van der Waals surface area contributed by atoms with Gasteiger partial charge in [-0.1, -0.05) is 12.1 Å². The van der Waals surface area contributed by atoms with Crippen molar-refractivity contribution in [2.75, 3.05) is 0 Å². The highest BCUT2D eigenvalue weighted by Crippen LogP contribution is 2.28. The van der Waals surface area contributed by atoms with Gasteiger partial charge >= 0.3 is 5.97 Å². The first kappa shape index (κ1) is 13.1. The number of hydrogen-bond donors (Lipinski definition) is 1. The smallest absolute Gasteiger partial charge is 0.356 e. The van der Waals surface area contributed by atoms with E-state index in [0.717, 1.165) is 4.88 Å². The van der Waals surface area contributed by atoms with Gasteiger partial charge in [0.2, 0.25) is 0 Å². The van der Waals surface area contributed by atoms with Crippen molar-refractivity contribution in [1.29, 1.82) is 5.26 Å². The van der Waals surface area contributed by atoms with E-state index in [4.69, 9.17) is 10.4 Å². The molecule has 0 atom stereocenters. The summed E-state index contributed by atoms with van der Waals surface area (Å²) in [4.78, 5) is 12.1. The van der Waals surface area contributed by atoms with Crippen molar-refractivity contribution in [2.45, 2.75) is 0 Å². The van der Waals surface area contributed by atoms with Crippen LogP contribution in [0.2, 0.25) is 0 Å². The van der Waals surface area contributed by atoms with Crippen LogP contribution in [0.25, 0.3) is 16.3 Å². The molecule has 0 saturated carbocycles. The number of aromatic nitrogens is 2. The average Bonchev–Trinajstić information content (AvgIpc) is 3.16. The van der Waals surface area contributed by atoms with Crippen LogP contribution in [0.5, 0.6) is 0 Å². The van der Waals surface area contributed by atoms with Crippen molar-refractivity contribution in [3.63, 3.8) is 0 Å². The number of hydrogen-bond acceptors (Lipinski definition) is 4. The van der Waals surface area contributed by atoms with Crippen LogP contribution >= 0.6 is 11.3 Å². The molecule has 5 nitrogen and oxygen atoms in total. The van der Waals surface area contributed by atoms with Crippen LogP contribution in [0.1, 0.15) is 16.1 Å². The summed E-state index contributed by atoms with van der Waals surface area (Å²) in [5.41, 5.74) is 1.82. The van der Waals surface area contributed by atoms with Gasteiger partial charge in [0.1, 0.15) is 0 Å². The van der Waals surface area contributed by atoms with Gasteiger partial charge in [0.25, 0.3) is 0 Å². The van der Waals surface area contributed by atoms with Crippen molar-refractivity contribution >= 4 is 17.3 Å². The maximum Gasteiger partial charge on any atom is 0.356 e. The van der Waals surface area contributed by atoms with E-state index in [1.165, 1.54) is 17.4 Å². The molecule has 0 aliphatic rings. The number of carboxylic acid groups (broad SMARTS) is 1. The Morgan fingerprint density at radius 2 is 2.14 bits per heavy atom. The quantitative estimate of drug-likeness (QED) is 0.805. The predicted octanol–water partition coefficient (Wildman–Crippen LogP) is 3.17. The van der Waals surface area contributed by atoms with Crippen molar-refractivity contribution in [2.24, 2.45) is 0 Å². The highest BCUT2D eigenvalue weighted by atomic mass is 32.1. The minimum atomic E-state index is -1.08. The topological polar surface area (TPSA) is 78.9 Å². The summed E-state index contributed by atoms with van der Waals surface area (Å²) in [6, 6.07) is 14.3. The standard InChI is InChI=1S/C15H9N3O2S/c16-9-10-3-1-4-11(7-10)18-13(14-5-2-6-21-14)8-12(17-18)15(19)20/h1-8H,(H,19,20). The molecule has 0 fully saturated rings. The van der Waals surface area contributed by atoms with Crippen LogP contribution in [0, 0.1) is 11.3 Å². The molecule has 0 radical (unpaired) electrons. The zero-order valence-electron chi connectivity index (χ0n) is 10.7. The normalized spacial score (nSPS) is 10.2. The number of nitrogens with zero attached hydrogens (tertiary/aromatic N) is 3. The molecular weight excluding hydrogens is 286 g/mol. The molecule has 0 amide bonds. The Kier molecular flexibility index (Phi) is 3.26. The molecule has 2 heterocycles. The van der Waals surface area contributed by atoms with Gasteiger partial charge in [-0.15, -0.1) is 11.3 Å². The van der Waals surface area contributed by atoms with E-state index in [-0.39, 0.29) is 5.69 Å². The molecule has 0 aliphatic carbocycles. The molecule has 21 heavy (non-hydrogen) atoms. The highest BCUT2D eigenvalue weighted by Gasteiger charge is 2.16. The molecule has 3 aromatic rings. The molecular formula is C15H9N3O2S. The van der Waals surface area contributed by atoms with Crippen molar-refractivity contribution in [3.05, 3.63) is 59.1 Å². The lowest BCUT2D eigenvalue weighted by Gasteiger charge is -2.06. The summed E-state index contributed by atoms with van der Waals surface area (Å²) in [7, 11) is 0. The lowest BCUT2D eigenvalue weighted by atomic mass is 10.2. The second kappa shape index (κ2) is 5.23. The van der Waals surface area contributed by atoms with Crippen molar-refractivity contribution in [3.8, 4) is 22.3 Å². The van der Waals surface area contributed by atoms with Gasteiger partial charge in [-0.25, -0.2) is 9.48 Å². The first-order valence-corrected chi connectivity index (χ1v) is 6.95. The average molecular weight is 295 g/mol. The fourth-order valence-corrected chi connectivity index (χ4v) is 2.72. The second-order valence-electron chi connectivity index (χ2n) is 4.27. The van der Waals surface area contributed by atoms with E-state index in [2.05, 4.69) is 11.2 Å². The summed E-state index contributed by atoms with van der Waals surface area (Å²) >= 11 is 1.50. The van der Waals surface area contributed by atoms with Crippen LogP contribution in [0.15, 0.2) is 47.8 Å². The van der Waals surface area contributed by atoms with Crippen LogP contribution < -0.4 is 0 Å². The highest BCUT2D eigenvalue weighted by molar-refractivity contribution is 7.13. The molecule has 0 bridgehead atoms. The van der Waals surface area contributed by atoms with Gasteiger partial charge in [0.05, 0.1) is 27.9 Å². The molecule has 6 heteroatoms. The maximum absolute atomic E-state index is 11.2. The Labute approximate surface area is 124 Å². The maximum atomic E-state index is 11.2. The summed E-state index contributed by atoms with van der Waals surface area (Å²) < 4.78 is 1.55. The van der Waals surface area contributed by atoms with Gasteiger partial charge in [-0.3, -0.25) is 0 Å². The molecule has 3 rings (SSSR count). The number of thiophene rings is 1. The lowest BCUT2D eigenvalue weighted by Crippen LogP contribution is -2.02. The second-order valence-corrected chi connectivity index (χ2v) is 5.22. The molecule has 0 saturated heterocycles. The molecule has 2 aromatic heterocycles. The Morgan fingerprint density at radius 3 is 2.81 bits per heavy atom. The van der Waals surface area contributed by atoms with Gasteiger partial charge < -0.3 is 5.11 Å². The Bertz CT molecular complexity index is 844. The van der Waals surface area contributed by atoms with E-state index in [1.54, 1.807) is 28.9 Å². The fourth-order valence-electron chi connectivity index (χ4n) is 1.99. The van der Waals surface area contributed by atoms with E-state index < -0.39 is 5.97 Å². The largest absolute Gasteiger partial charge is 0.476 e. The third-order valence-corrected chi connectivity index (χ3v) is 3.81.